The predicted octanol–water partition coefficient (Wildman–Crippen LogP) is 1.95. The van der Waals surface area contributed by atoms with E-state index >= 15 is 0 Å². The fourth-order valence-corrected chi connectivity index (χ4v) is 3.06. The lowest BCUT2D eigenvalue weighted by atomic mass is 10.2. The molecule has 1 aromatic heterocycles. The highest BCUT2D eigenvalue weighted by Gasteiger charge is 2.21. The number of carbonyl (C=O) groups is 2. The summed E-state index contributed by atoms with van der Waals surface area (Å²) in [6, 6.07) is 5.31. The number of anilines is 1. The van der Waals surface area contributed by atoms with Gasteiger partial charge in [-0.3, -0.25) is 9.59 Å². The van der Waals surface area contributed by atoms with E-state index in [4.69, 9.17) is 17.3 Å². The number of fused-ring (bicyclic) bond motifs is 1. The maximum atomic E-state index is 12.3. The molecule has 2 rings (SSSR count). The van der Waals surface area contributed by atoms with Crippen LogP contribution in [0.25, 0.3) is 10.1 Å². The van der Waals surface area contributed by atoms with Crippen molar-refractivity contribution in [2.24, 2.45) is 0 Å². The van der Waals surface area contributed by atoms with Crippen molar-refractivity contribution in [3.05, 3.63) is 28.1 Å². The molecule has 0 saturated carbocycles. The summed E-state index contributed by atoms with van der Waals surface area (Å²) in [4.78, 5) is 25.4. The molecule has 0 aliphatic heterocycles. The van der Waals surface area contributed by atoms with Crippen LogP contribution in [0.4, 0.5) is 5.69 Å². The topological polar surface area (TPSA) is 75.4 Å². The van der Waals surface area contributed by atoms with E-state index in [2.05, 4.69) is 5.32 Å². The normalized spacial score (nSPS) is 10.6. The summed E-state index contributed by atoms with van der Waals surface area (Å²) in [5, 5.41) is 3.81. The van der Waals surface area contributed by atoms with Gasteiger partial charge in [-0.05, 0) is 18.2 Å². The van der Waals surface area contributed by atoms with Crippen LogP contribution in [0.15, 0.2) is 18.2 Å². The smallest absolute Gasteiger partial charge is 0.266 e. The minimum Gasteiger partial charge on any atom is -0.397 e. The Labute approximate surface area is 125 Å². The lowest BCUT2D eigenvalue weighted by molar-refractivity contribution is -0.121. The maximum absolute atomic E-state index is 12.3. The van der Waals surface area contributed by atoms with Crippen LogP contribution in [0.1, 0.15) is 9.67 Å². The van der Waals surface area contributed by atoms with Crippen LogP contribution >= 0.6 is 22.9 Å². The summed E-state index contributed by atoms with van der Waals surface area (Å²) in [7, 11) is 3.09. The molecule has 106 valence electrons. The predicted molar refractivity (Wildman–Crippen MR) is 82.3 cm³/mol. The van der Waals surface area contributed by atoms with Gasteiger partial charge < -0.3 is 16.0 Å². The van der Waals surface area contributed by atoms with Crippen molar-refractivity contribution in [3.8, 4) is 0 Å². The minimum absolute atomic E-state index is 0.0101. The molecule has 7 heteroatoms. The summed E-state index contributed by atoms with van der Waals surface area (Å²) >= 11 is 7.23. The number of nitrogens with one attached hydrogen (secondary N) is 1. The highest BCUT2D eigenvalue weighted by atomic mass is 35.5. The number of benzene rings is 1. The Morgan fingerprint density at radius 3 is 2.80 bits per heavy atom. The van der Waals surface area contributed by atoms with Gasteiger partial charge in [0.2, 0.25) is 5.91 Å². The molecule has 0 radical (unpaired) electrons. The second-order valence-electron chi connectivity index (χ2n) is 4.32. The molecule has 0 aliphatic carbocycles. The molecule has 1 aromatic carbocycles. The van der Waals surface area contributed by atoms with Crippen molar-refractivity contribution in [3.63, 3.8) is 0 Å². The number of rotatable bonds is 3. The van der Waals surface area contributed by atoms with Crippen molar-refractivity contribution in [1.82, 2.24) is 10.2 Å². The van der Waals surface area contributed by atoms with Gasteiger partial charge in [-0.2, -0.15) is 0 Å². The largest absolute Gasteiger partial charge is 0.397 e. The average molecular weight is 312 g/mol. The van der Waals surface area contributed by atoms with Gasteiger partial charge >= 0.3 is 0 Å². The van der Waals surface area contributed by atoms with Crippen LogP contribution in [-0.2, 0) is 4.79 Å². The van der Waals surface area contributed by atoms with Gasteiger partial charge in [-0.25, -0.2) is 0 Å². The van der Waals surface area contributed by atoms with Crippen LogP contribution in [-0.4, -0.2) is 37.4 Å². The molecule has 0 spiro atoms. The maximum Gasteiger partial charge on any atom is 0.266 e. The highest BCUT2D eigenvalue weighted by molar-refractivity contribution is 7.21. The number of carbonyl (C=O) groups excluding carboxylic acids is 2. The minimum atomic E-state index is -0.275. The SMILES string of the molecule is CNC(=O)CN(C)C(=O)c1sc2ccc(Cl)cc2c1N. The lowest BCUT2D eigenvalue weighted by Gasteiger charge is -2.15. The third-order valence-electron chi connectivity index (χ3n) is 2.89. The number of nitrogens with two attached hydrogens (primary N) is 1. The molecule has 3 N–H and O–H groups in total. The van der Waals surface area contributed by atoms with Gasteiger partial charge in [0.15, 0.2) is 0 Å². The van der Waals surface area contributed by atoms with Crippen molar-refractivity contribution < 1.29 is 9.59 Å². The van der Waals surface area contributed by atoms with Gasteiger partial charge in [0.1, 0.15) is 4.88 Å². The third kappa shape index (κ3) is 2.71. The van der Waals surface area contributed by atoms with E-state index in [-0.39, 0.29) is 18.4 Å². The van der Waals surface area contributed by atoms with Crippen LogP contribution in [0, 0.1) is 0 Å². The van der Waals surface area contributed by atoms with E-state index in [0.717, 1.165) is 10.1 Å². The lowest BCUT2D eigenvalue weighted by Crippen LogP contribution is -2.36. The molecule has 20 heavy (non-hydrogen) atoms. The Bertz CT molecular complexity index is 684. The first-order chi connectivity index (χ1) is 9.43. The zero-order chi connectivity index (χ0) is 14.9. The van der Waals surface area contributed by atoms with Gasteiger partial charge in [0.25, 0.3) is 5.91 Å². The fourth-order valence-electron chi connectivity index (χ4n) is 1.79. The van der Waals surface area contributed by atoms with E-state index in [1.165, 1.54) is 23.3 Å². The number of amides is 2. The zero-order valence-electron chi connectivity index (χ0n) is 11.1. The second-order valence-corrected chi connectivity index (χ2v) is 5.81. The number of hydrogen-bond donors (Lipinski definition) is 2. The highest BCUT2D eigenvalue weighted by Crippen LogP contribution is 2.35. The summed E-state index contributed by atoms with van der Waals surface area (Å²) < 4.78 is 0.892. The second kappa shape index (κ2) is 5.68. The number of hydrogen-bond acceptors (Lipinski definition) is 4. The Morgan fingerprint density at radius 1 is 1.45 bits per heavy atom. The van der Waals surface area contributed by atoms with E-state index in [9.17, 15) is 9.59 Å². The van der Waals surface area contributed by atoms with Gasteiger partial charge in [-0.1, -0.05) is 11.6 Å². The van der Waals surface area contributed by atoms with Gasteiger partial charge in [-0.15, -0.1) is 11.3 Å². The Balaban J connectivity index is 2.35. The Kier molecular flexibility index (Phi) is 4.15. The first-order valence-electron chi connectivity index (χ1n) is 5.87. The first-order valence-corrected chi connectivity index (χ1v) is 7.07. The zero-order valence-corrected chi connectivity index (χ0v) is 12.6. The van der Waals surface area contributed by atoms with Gasteiger partial charge in [0, 0.05) is 29.2 Å². The number of thiophene rings is 1. The summed E-state index contributed by atoms with van der Waals surface area (Å²) in [5.74, 6) is -0.507. The number of nitrogens with zero attached hydrogens (tertiary/aromatic N) is 1. The summed E-state index contributed by atoms with van der Waals surface area (Å²) in [6.07, 6.45) is 0. The van der Waals surface area contributed by atoms with Crippen molar-refractivity contribution >= 4 is 50.5 Å². The quantitative estimate of drug-likeness (QED) is 0.909. The molecule has 1 heterocycles. The van der Waals surface area contributed by atoms with Crippen LogP contribution in [0.2, 0.25) is 5.02 Å². The average Bonchev–Trinajstić information content (AvgIpc) is 2.75. The molecule has 0 bridgehead atoms. The van der Waals surface area contributed by atoms with Crippen LogP contribution in [0.3, 0.4) is 0 Å². The molecular weight excluding hydrogens is 298 g/mol. The third-order valence-corrected chi connectivity index (χ3v) is 4.30. The van der Waals surface area contributed by atoms with E-state index in [1.54, 1.807) is 19.2 Å². The molecule has 2 aromatic rings. The molecule has 0 aliphatic rings. The van der Waals surface area contributed by atoms with Crippen molar-refractivity contribution in [2.75, 3.05) is 26.4 Å². The first kappa shape index (κ1) is 14.6. The number of likely N-dealkylation sites (N-methyl/N-ethyl adjacent to an activating group) is 2. The van der Waals surface area contributed by atoms with E-state index < -0.39 is 0 Å². The Hall–Kier alpha value is -1.79. The van der Waals surface area contributed by atoms with E-state index in [0.29, 0.717) is 15.6 Å². The summed E-state index contributed by atoms with van der Waals surface area (Å²) in [5.41, 5.74) is 6.42. The molecule has 0 atom stereocenters. The Morgan fingerprint density at radius 2 is 2.15 bits per heavy atom. The van der Waals surface area contributed by atoms with Gasteiger partial charge in [0.05, 0.1) is 12.2 Å². The molecule has 0 saturated heterocycles. The molecule has 0 unspecified atom stereocenters. The molecular formula is C13H14ClN3O2S. The van der Waals surface area contributed by atoms with Crippen molar-refractivity contribution in [1.29, 1.82) is 0 Å². The summed E-state index contributed by atoms with van der Waals surface area (Å²) in [6.45, 7) is -0.0101. The van der Waals surface area contributed by atoms with Crippen molar-refractivity contribution in [2.45, 2.75) is 0 Å². The molecule has 5 nitrogen and oxygen atoms in total. The van der Waals surface area contributed by atoms with E-state index in [1.807, 2.05) is 6.07 Å². The fraction of sp³-hybridized carbons (Fsp3) is 0.231. The monoisotopic (exact) mass is 311 g/mol. The molecule has 2 amide bonds. The standard InChI is InChI=1S/C13H14ClN3O2S/c1-16-10(18)6-17(2)13(19)12-11(15)8-5-7(14)3-4-9(8)20-12/h3-5H,6,15H2,1-2H3,(H,16,18). The number of halogens is 1. The number of nitrogen functional groups attached to an aromatic ring is 1. The van der Waals surface area contributed by atoms with Crippen LogP contribution < -0.4 is 11.1 Å². The molecule has 0 fully saturated rings. The van der Waals surface area contributed by atoms with Crippen LogP contribution in [0.5, 0.6) is 0 Å².